The minimum absolute atomic E-state index is 0. The molecule has 0 saturated carbocycles. The summed E-state index contributed by atoms with van der Waals surface area (Å²) in [5, 5.41) is 3.66. The van der Waals surface area contributed by atoms with Crippen LogP contribution in [0.5, 0.6) is 0 Å². The van der Waals surface area contributed by atoms with E-state index in [1.54, 1.807) is 0 Å². The Bertz CT molecular complexity index is 171. The molecule has 0 atom stereocenters. The summed E-state index contributed by atoms with van der Waals surface area (Å²) >= 11 is 0. The molecule has 0 aromatic carbocycles. The van der Waals surface area contributed by atoms with Gasteiger partial charge in [-0.2, -0.15) is 13.2 Å². The Labute approximate surface area is 61.6 Å². The molecule has 0 aromatic heterocycles. The van der Waals surface area contributed by atoms with Gasteiger partial charge in [0, 0.05) is 0 Å². The van der Waals surface area contributed by atoms with Crippen molar-refractivity contribution in [2.45, 2.75) is 5.51 Å². The minimum atomic E-state index is -5.34. The fraction of sp³-hybridized carbons (Fsp3) is 1.00. The predicted molar refractivity (Wildman–Crippen MR) is 19.2 cm³/mol. The maximum absolute atomic E-state index is 10.8. The predicted octanol–water partition coefficient (Wildman–Crippen LogP) is -3.20. The molecule has 0 amide bonds. The smallest absolute Gasteiger partial charge is 0.221 e. The van der Waals surface area contributed by atoms with Gasteiger partial charge in [0.05, 0.1) is 0 Å². The SMILES string of the molecule is NS(=O)(=O)C(F)(F)F.[Li+]. The normalized spacial score (nSPS) is 12.4. The first-order chi connectivity index (χ1) is 3.25. The summed E-state index contributed by atoms with van der Waals surface area (Å²) in [4.78, 5) is 0. The largest absolute Gasteiger partial charge is 1.00 e. The zero-order chi connectivity index (χ0) is 7.00. The van der Waals surface area contributed by atoms with Crippen molar-refractivity contribution in [1.82, 2.24) is 0 Å². The van der Waals surface area contributed by atoms with Gasteiger partial charge in [-0.05, 0) is 0 Å². The van der Waals surface area contributed by atoms with Gasteiger partial charge in [0.15, 0.2) is 0 Å². The Balaban J connectivity index is 0. The van der Waals surface area contributed by atoms with E-state index in [0.717, 1.165) is 0 Å². The molecule has 0 heterocycles. The fourth-order valence-electron chi connectivity index (χ4n) is 0. The van der Waals surface area contributed by atoms with E-state index in [1.165, 1.54) is 0 Å². The second-order valence-corrected chi connectivity index (χ2v) is 2.54. The third-order valence-corrected chi connectivity index (χ3v) is 0.968. The molecular weight excluding hydrogens is 154 g/mol. The molecule has 0 unspecified atom stereocenters. The first-order valence-electron chi connectivity index (χ1n) is 1.34. The van der Waals surface area contributed by atoms with Gasteiger partial charge < -0.3 is 0 Å². The van der Waals surface area contributed by atoms with E-state index in [2.05, 4.69) is 5.14 Å². The van der Waals surface area contributed by atoms with Gasteiger partial charge in [-0.3, -0.25) is 0 Å². The van der Waals surface area contributed by atoms with Gasteiger partial charge in [0.1, 0.15) is 0 Å². The number of alkyl halides is 3. The van der Waals surface area contributed by atoms with Crippen LogP contribution in [0.15, 0.2) is 0 Å². The summed E-state index contributed by atoms with van der Waals surface area (Å²) in [6.07, 6.45) is 0. The van der Waals surface area contributed by atoms with Crippen LogP contribution >= 0.6 is 0 Å². The first-order valence-corrected chi connectivity index (χ1v) is 2.89. The van der Waals surface area contributed by atoms with Gasteiger partial charge in [-0.25, -0.2) is 13.6 Å². The molecule has 9 heavy (non-hydrogen) atoms. The third kappa shape index (κ3) is 3.81. The van der Waals surface area contributed by atoms with Crippen molar-refractivity contribution in [1.29, 1.82) is 0 Å². The number of rotatable bonds is 0. The van der Waals surface area contributed by atoms with Crippen molar-refractivity contribution in [2.75, 3.05) is 0 Å². The topological polar surface area (TPSA) is 60.2 Å². The van der Waals surface area contributed by atoms with Crippen LogP contribution in [0.25, 0.3) is 0 Å². The second-order valence-electron chi connectivity index (χ2n) is 0.991. The molecule has 50 valence electrons. The molecular formula is CH2F3LiNO2S+. The van der Waals surface area contributed by atoms with Crippen molar-refractivity contribution >= 4 is 10.0 Å². The summed E-state index contributed by atoms with van der Waals surface area (Å²) in [7, 11) is -5.34. The molecule has 0 aliphatic carbocycles. The quantitative estimate of drug-likeness (QED) is 0.375. The Morgan fingerprint density at radius 2 is 1.33 bits per heavy atom. The van der Waals surface area contributed by atoms with Crippen molar-refractivity contribution in [3.63, 3.8) is 0 Å². The fourth-order valence-corrected chi connectivity index (χ4v) is 0. The summed E-state index contributed by atoms with van der Waals surface area (Å²) in [6.45, 7) is 0. The Kier molecular flexibility index (Phi) is 3.90. The Hall–Kier alpha value is 0.297. The van der Waals surface area contributed by atoms with Crippen LogP contribution in [0, 0.1) is 0 Å². The number of sulfonamides is 1. The number of primary sulfonamides is 1. The molecule has 0 rings (SSSR count). The third-order valence-electron chi connectivity index (χ3n) is 0.323. The number of hydrogen-bond donors (Lipinski definition) is 1. The molecule has 0 aliphatic heterocycles. The molecule has 2 N–H and O–H groups in total. The van der Waals surface area contributed by atoms with E-state index in [-0.39, 0.29) is 18.9 Å². The van der Waals surface area contributed by atoms with Crippen LogP contribution in [-0.2, 0) is 10.0 Å². The Morgan fingerprint density at radius 3 is 1.33 bits per heavy atom. The molecule has 8 heteroatoms. The van der Waals surface area contributed by atoms with Crippen LogP contribution in [0.1, 0.15) is 0 Å². The molecule has 0 fully saturated rings. The summed E-state index contributed by atoms with van der Waals surface area (Å²) in [6, 6.07) is 0. The van der Waals surface area contributed by atoms with Crippen LogP contribution in [0.2, 0.25) is 0 Å². The second kappa shape index (κ2) is 2.92. The number of halogens is 3. The standard InChI is InChI=1S/CH2F3NO2S.Li/c2-1(3,4)8(5,6)7;/h(H2,5,6,7);/q;+1. The number of hydrogen-bond acceptors (Lipinski definition) is 2. The van der Waals surface area contributed by atoms with Gasteiger partial charge in [0.25, 0.3) is 0 Å². The van der Waals surface area contributed by atoms with Crippen molar-refractivity contribution in [3.05, 3.63) is 0 Å². The molecule has 3 nitrogen and oxygen atoms in total. The van der Waals surface area contributed by atoms with E-state index >= 15 is 0 Å². The van der Waals surface area contributed by atoms with Crippen LogP contribution < -0.4 is 24.0 Å². The van der Waals surface area contributed by atoms with E-state index in [1.807, 2.05) is 0 Å². The zero-order valence-electron chi connectivity index (χ0n) is 4.44. The van der Waals surface area contributed by atoms with Gasteiger partial charge in [0.2, 0.25) is 0 Å². The van der Waals surface area contributed by atoms with Crippen molar-refractivity contribution < 1.29 is 40.4 Å². The molecule has 0 bridgehead atoms. The van der Waals surface area contributed by atoms with E-state index in [4.69, 9.17) is 0 Å². The maximum Gasteiger partial charge on any atom is 1.00 e. The zero-order valence-corrected chi connectivity index (χ0v) is 5.25. The summed E-state index contributed by atoms with van der Waals surface area (Å²) in [5.41, 5.74) is -5.31. The number of nitrogens with two attached hydrogens (primary N) is 1. The van der Waals surface area contributed by atoms with E-state index in [0.29, 0.717) is 0 Å². The van der Waals surface area contributed by atoms with Crippen molar-refractivity contribution in [3.8, 4) is 0 Å². The first kappa shape index (κ1) is 12.0. The molecule has 0 aromatic rings. The van der Waals surface area contributed by atoms with Crippen LogP contribution in [0.3, 0.4) is 0 Å². The van der Waals surface area contributed by atoms with Crippen LogP contribution in [0.4, 0.5) is 13.2 Å². The summed E-state index contributed by atoms with van der Waals surface area (Å²) < 4.78 is 51.2. The van der Waals surface area contributed by atoms with E-state index < -0.39 is 15.5 Å². The maximum atomic E-state index is 10.8. The molecule has 0 radical (unpaired) electrons. The minimum Gasteiger partial charge on any atom is -0.221 e. The molecule has 0 aliphatic rings. The van der Waals surface area contributed by atoms with Crippen LogP contribution in [-0.4, -0.2) is 13.9 Å². The molecule has 0 spiro atoms. The average molecular weight is 156 g/mol. The molecule has 0 saturated heterocycles. The Morgan fingerprint density at radius 1 is 1.22 bits per heavy atom. The van der Waals surface area contributed by atoms with Gasteiger partial charge >= 0.3 is 34.4 Å². The average Bonchev–Trinajstić information content (AvgIpc) is 1.25. The monoisotopic (exact) mass is 156 g/mol. The van der Waals surface area contributed by atoms with Gasteiger partial charge in [-0.1, -0.05) is 0 Å². The van der Waals surface area contributed by atoms with Crippen molar-refractivity contribution in [2.24, 2.45) is 5.14 Å². The summed E-state index contributed by atoms with van der Waals surface area (Å²) in [5.74, 6) is 0. The van der Waals surface area contributed by atoms with Gasteiger partial charge in [-0.15, -0.1) is 0 Å². The van der Waals surface area contributed by atoms with E-state index in [9.17, 15) is 21.6 Å².